The van der Waals surface area contributed by atoms with Crippen molar-refractivity contribution in [2.75, 3.05) is 40.9 Å². The first kappa shape index (κ1) is 51.7. The topological polar surface area (TPSA) is 105 Å². The highest BCUT2D eigenvalue weighted by atomic mass is 31.2. The summed E-state index contributed by atoms with van der Waals surface area (Å²) in [7, 11) is 1.58. The van der Waals surface area contributed by atoms with E-state index in [0.29, 0.717) is 23.9 Å². The molecule has 0 rings (SSSR count). The molecule has 0 bridgehead atoms. The second-order valence-corrected chi connectivity index (χ2v) is 16.4. The molecule has 0 aliphatic carbocycles. The minimum atomic E-state index is -4.31. The van der Waals surface area contributed by atoms with Crippen LogP contribution in [0.2, 0.25) is 0 Å². The third-order valence-electron chi connectivity index (χ3n) is 8.66. The monoisotopic (exact) mass is 776 g/mol. The quantitative estimate of drug-likeness (QED) is 0.0253. The summed E-state index contributed by atoms with van der Waals surface area (Å²) in [5.41, 5.74) is 0. The van der Waals surface area contributed by atoms with Gasteiger partial charge in [-0.2, -0.15) is 0 Å². The number of likely N-dealkylation sites (N-methyl/N-ethyl adjacent to an activating group) is 1. The van der Waals surface area contributed by atoms with Crippen LogP contribution in [0, 0.1) is 0 Å². The van der Waals surface area contributed by atoms with Gasteiger partial charge in [-0.15, -0.1) is 0 Å². The molecule has 0 saturated carbocycles. The zero-order valence-corrected chi connectivity index (χ0v) is 35.8. The van der Waals surface area contributed by atoms with E-state index in [1.165, 1.54) is 0 Å². The van der Waals surface area contributed by atoms with Crippen LogP contribution in [-0.2, 0) is 18.4 Å². The number of phosphoric acid groups is 1. The molecule has 0 aliphatic heterocycles. The van der Waals surface area contributed by atoms with E-state index >= 15 is 0 Å². The Morgan fingerprint density at radius 1 is 0.648 bits per heavy atom. The lowest BCUT2D eigenvalue weighted by molar-refractivity contribution is -0.870. The van der Waals surface area contributed by atoms with Crippen LogP contribution in [0.15, 0.2) is 85.1 Å². The van der Waals surface area contributed by atoms with Gasteiger partial charge < -0.3 is 19.8 Å². The molecule has 8 nitrogen and oxygen atoms in total. The van der Waals surface area contributed by atoms with Crippen molar-refractivity contribution >= 4 is 13.7 Å². The molecule has 0 aromatic carbocycles. The fourth-order valence-electron chi connectivity index (χ4n) is 5.32. The van der Waals surface area contributed by atoms with E-state index in [1.807, 2.05) is 21.1 Å². The summed E-state index contributed by atoms with van der Waals surface area (Å²) in [6.45, 7) is 4.63. The maximum Gasteiger partial charge on any atom is 0.472 e. The van der Waals surface area contributed by atoms with E-state index in [0.717, 1.165) is 116 Å². The second kappa shape index (κ2) is 36.3. The Kier molecular flexibility index (Phi) is 34.8. The Balaban J connectivity index is 4.16. The third kappa shape index (κ3) is 38.0. The third-order valence-corrected chi connectivity index (χ3v) is 9.64. The molecule has 0 spiro atoms. The number of carbonyl (C=O) groups excluding carboxylic acids is 1. The summed E-state index contributed by atoms with van der Waals surface area (Å²) in [6, 6.07) is -0.772. The normalized spacial score (nSPS) is 15.3. The van der Waals surface area contributed by atoms with Crippen LogP contribution < -0.4 is 5.32 Å². The molecule has 9 heteroatoms. The van der Waals surface area contributed by atoms with Crippen LogP contribution in [0.5, 0.6) is 0 Å². The Morgan fingerprint density at radius 3 is 1.63 bits per heavy atom. The van der Waals surface area contributed by atoms with Gasteiger partial charge in [0.15, 0.2) is 0 Å². The summed E-state index contributed by atoms with van der Waals surface area (Å²) >= 11 is 0. The largest absolute Gasteiger partial charge is 0.472 e. The highest BCUT2D eigenvalue weighted by Gasteiger charge is 2.28. The molecule has 54 heavy (non-hydrogen) atoms. The number of nitrogens with zero attached hydrogens (tertiary/aromatic N) is 1. The van der Waals surface area contributed by atoms with Crippen molar-refractivity contribution in [2.45, 2.75) is 154 Å². The Bertz CT molecular complexity index is 1150. The SMILES string of the molecule is CC/C=C\C/C=C\C/C=C\C/C=C\C/C=C\C/C=C\C/C=C\CCCCCCCC(=O)NC(COP(=O)(O)OCC[N+](C)(C)C)C(O)CCCCCCC. The van der Waals surface area contributed by atoms with E-state index in [1.54, 1.807) is 0 Å². The Hall–Kier alpha value is -2.32. The van der Waals surface area contributed by atoms with Crippen molar-refractivity contribution in [1.29, 1.82) is 0 Å². The van der Waals surface area contributed by atoms with E-state index in [2.05, 4.69) is 104 Å². The van der Waals surface area contributed by atoms with E-state index < -0.39 is 20.0 Å². The van der Waals surface area contributed by atoms with Crippen LogP contribution in [0.25, 0.3) is 0 Å². The number of phosphoric ester groups is 1. The maximum absolute atomic E-state index is 12.8. The zero-order chi connectivity index (χ0) is 40.0. The van der Waals surface area contributed by atoms with Gasteiger partial charge in [0.05, 0.1) is 39.9 Å². The van der Waals surface area contributed by atoms with Crippen molar-refractivity contribution in [2.24, 2.45) is 0 Å². The number of hydrogen-bond acceptors (Lipinski definition) is 5. The molecule has 0 radical (unpaired) electrons. The molecule has 310 valence electrons. The fraction of sp³-hybridized carbons (Fsp3) is 0.667. The highest BCUT2D eigenvalue weighted by Crippen LogP contribution is 2.43. The molecule has 0 heterocycles. The summed E-state index contributed by atoms with van der Waals surface area (Å²) in [5.74, 6) is -0.176. The van der Waals surface area contributed by atoms with Gasteiger partial charge in [0, 0.05) is 6.42 Å². The van der Waals surface area contributed by atoms with Gasteiger partial charge in [-0.1, -0.05) is 150 Å². The van der Waals surface area contributed by atoms with Crippen LogP contribution >= 0.6 is 7.82 Å². The van der Waals surface area contributed by atoms with Crippen molar-refractivity contribution in [3.05, 3.63) is 85.1 Å². The minimum absolute atomic E-state index is 0.0644. The standard InChI is InChI=1S/C45H79N2O6P/c1-6-8-10-12-13-14-15-16-17-18-19-20-21-22-23-24-25-26-27-28-29-30-31-32-33-35-37-39-45(49)46-43(44(48)38-36-34-11-9-7-2)42-53-54(50,51)52-41-40-47(3,4)5/h8,10,13-14,16-17,19-20,22-23,25-26,28-29,43-44,48H,6-7,9,11-12,15,18,21,24,27,30-42H2,1-5H3,(H-,46,49,50,51)/p+1/b10-8-,14-13-,17-16-,20-19-,23-22-,26-25-,29-28-. The molecule has 0 aromatic rings. The van der Waals surface area contributed by atoms with Crippen LogP contribution in [0.3, 0.4) is 0 Å². The number of nitrogens with one attached hydrogen (secondary N) is 1. The number of hydrogen-bond donors (Lipinski definition) is 3. The maximum atomic E-state index is 12.8. The van der Waals surface area contributed by atoms with E-state index in [4.69, 9.17) is 9.05 Å². The second-order valence-electron chi connectivity index (χ2n) is 15.0. The van der Waals surface area contributed by atoms with Gasteiger partial charge in [0.2, 0.25) is 5.91 Å². The average molecular weight is 776 g/mol. The summed E-state index contributed by atoms with van der Waals surface area (Å²) < 4.78 is 23.4. The van der Waals surface area contributed by atoms with Crippen LogP contribution in [0.1, 0.15) is 142 Å². The molecule has 3 N–H and O–H groups in total. The Labute approximate surface area is 331 Å². The molecule has 3 unspecified atom stereocenters. The molecule has 1 amide bonds. The first-order valence-electron chi connectivity index (χ1n) is 21.0. The smallest absolute Gasteiger partial charge is 0.391 e. The molecule has 0 saturated heterocycles. The zero-order valence-electron chi connectivity index (χ0n) is 34.9. The summed E-state index contributed by atoms with van der Waals surface area (Å²) in [5, 5.41) is 13.7. The van der Waals surface area contributed by atoms with Gasteiger partial charge in [0.25, 0.3) is 0 Å². The number of allylic oxidation sites excluding steroid dienone is 14. The van der Waals surface area contributed by atoms with E-state index in [-0.39, 0.29) is 19.1 Å². The van der Waals surface area contributed by atoms with Crippen LogP contribution in [-0.4, -0.2) is 73.4 Å². The highest BCUT2D eigenvalue weighted by molar-refractivity contribution is 7.47. The number of aliphatic hydroxyl groups excluding tert-OH is 1. The predicted molar refractivity (Wildman–Crippen MR) is 230 cm³/mol. The lowest BCUT2D eigenvalue weighted by Gasteiger charge is -2.26. The van der Waals surface area contributed by atoms with Gasteiger partial charge in [-0.05, 0) is 70.6 Å². The van der Waals surface area contributed by atoms with E-state index in [9.17, 15) is 19.4 Å². The number of aliphatic hydroxyl groups is 1. The summed E-state index contributed by atoms with van der Waals surface area (Å²) in [4.78, 5) is 22.9. The number of rotatable bonds is 36. The van der Waals surface area contributed by atoms with Crippen molar-refractivity contribution < 1.29 is 32.9 Å². The van der Waals surface area contributed by atoms with Gasteiger partial charge in [0.1, 0.15) is 13.2 Å². The Morgan fingerprint density at radius 2 is 1.11 bits per heavy atom. The molecule has 0 fully saturated rings. The van der Waals surface area contributed by atoms with Crippen LogP contribution in [0.4, 0.5) is 0 Å². The number of carbonyl (C=O) groups is 1. The molecular formula is C45H80N2O6P+. The first-order valence-corrected chi connectivity index (χ1v) is 22.4. The lowest BCUT2D eigenvalue weighted by Crippen LogP contribution is -2.46. The number of quaternary nitrogens is 1. The number of amides is 1. The van der Waals surface area contributed by atoms with Crippen molar-refractivity contribution in [1.82, 2.24) is 5.32 Å². The fourth-order valence-corrected chi connectivity index (χ4v) is 6.05. The molecular weight excluding hydrogens is 695 g/mol. The van der Waals surface area contributed by atoms with Gasteiger partial charge in [-0.25, -0.2) is 4.57 Å². The van der Waals surface area contributed by atoms with Crippen molar-refractivity contribution in [3.63, 3.8) is 0 Å². The molecule has 0 aromatic heterocycles. The van der Waals surface area contributed by atoms with Crippen molar-refractivity contribution in [3.8, 4) is 0 Å². The number of unbranched alkanes of at least 4 members (excludes halogenated alkanes) is 9. The van der Waals surface area contributed by atoms with Gasteiger partial charge >= 0.3 is 7.82 Å². The summed E-state index contributed by atoms with van der Waals surface area (Å²) in [6.07, 6.45) is 49.4. The van der Waals surface area contributed by atoms with Gasteiger partial charge in [-0.3, -0.25) is 13.8 Å². The predicted octanol–water partition coefficient (Wildman–Crippen LogP) is 11.4. The first-order chi connectivity index (χ1) is 26.0. The molecule has 3 atom stereocenters. The minimum Gasteiger partial charge on any atom is -0.391 e. The lowest BCUT2D eigenvalue weighted by atomic mass is 10.0. The average Bonchev–Trinajstić information content (AvgIpc) is 3.12. The molecule has 0 aliphatic rings.